The van der Waals surface area contributed by atoms with E-state index in [1.165, 1.54) is 0 Å². The van der Waals surface area contributed by atoms with Gasteiger partial charge in [0, 0.05) is 17.2 Å². The Morgan fingerprint density at radius 2 is 2.25 bits per heavy atom. The van der Waals surface area contributed by atoms with Crippen LogP contribution in [0, 0.1) is 5.92 Å². The van der Waals surface area contributed by atoms with Crippen molar-refractivity contribution in [3.05, 3.63) is 33.0 Å². The number of hydrogen-bond acceptors (Lipinski definition) is 5. The Morgan fingerprint density at radius 3 is 2.85 bits per heavy atom. The predicted molar refractivity (Wildman–Crippen MR) is 77.6 cm³/mol. The van der Waals surface area contributed by atoms with Crippen molar-refractivity contribution >= 4 is 39.7 Å². The van der Waals surface area contributed by atoms with Crippen LogP contribution in [-0.4, -0.2) is 22.0 Å². The van der Waals surface area contributed by atoms with E-state index in [-0.39, 0.29) is 16.7 Å². The second kappa shape index (κ2) is 5.34. The molecule has 0 unspecified atom stereocenters. The molecule has 0 spiro atoms. The Labute approximate surface area is 123 Å². The second-order valence-electron chi connectivity index (χ2n) is 4.62. The molecule has 1 aliphatic rings. The summed E-state index contributed by atoms with van der Waals surface area (Å²) in [5.41, 5.74) is 0.510. The first-order valence-corrected chi connectivity index (χ1v) is 7.89. The van der Waals surface area contributed by atoms with Gasteiger partial charge in [0.05, 0.1) is 5.69 Å². The monoisotopic (exact) mass is 308 g/mol. The van der Waals surface area contributed by atoms with Crippen molar-refractivity contribution in [3.63, 3.8) is 0 Å². The molecule has 2 heterocycles. The van der Waals surface area contributed by atoms with E-state index in [2.05, 4.69) is 10.3 Å². The van der Waals surface area contributed by atoms with Crippen LogP contribution in [0.5, 0.6) is 0 Å². The van der Waals surface area contributed by atoms with Crippen LogP contribution in [0.15, 0.2) is 17.5 Å². The van der Waals surface area contributed by atoms with Gasteiger partial charge < -0.3 is 10.4 Å². The lowest BCUT2D eigenvalue weighted by atomic mass is 10.2. The predicted octanol–water partition coefficient (Wildman–Crippen LogP) is 2.84. The zero-order chi connectivity index (χ0) is 14.1. The third-order valence-electron chi connectivity index (χ3n) is 2.99. The van der Waals surface area contributed by atoms with Crippen LogP contribution < -0.4 is 5.32 Å². The highest BCUT2D eigenvalue weighted by Crippen LogP contribution is 2.32. The first kappa shape index (κ1) is 13.3. The summed E-state index contributed by atoms with van der Waals surface area (Å²) < 4.78 is 0. The number of amides is 1. The van der Waals surface area contributed by atoms with E-state index in [1.54, 1.807) is 11.3 Å². The van der Waals surface area contributed by atoms with E-state index in [1.807, 2.05) is 17.5 Å². The van der Waals surface area contributed by atoms with E-state index < -0.39 is 5.97 Å². The van der Waals surface area contributed by atoms with Crippen molar-refractivity contribution in [2.24, 2.45) is 5.92 Å². The number of nitrogens with zero attached hydrogens (tertiary/aromatic N) is 1. The van der Waals surface area contributed by atoms with Gasteiger partial charge in [0.25, 0.3) is 0 Å². The minimum atomic E-state index is -0.999. The number of nitrogens with one attached hydrogen (secondary N) is 1. The number of thiophene rings is 1. The molecule has 1 saturated carbocycles. The maximum Gasteiger partial charge on any atom is 0.347 e. The topological polar surface area (TPSA) is 79.3 Å². The number of aromatic carboxylic acids is 1. The molecule has 5 nitrogen and oxygen atoms in total. The van der Waals surface area contributed by atoms with E-state index in [0.29, 0.717) is 17.2 Å². The van der Waals surface area contributed by atoms with E-state index in [0.717, 1.165) is 29.1 Å². The number of carbonyl (C=O) groups excluding carboxylic acids is 1. The van der Waals surface area contributed by atoms with Crippen molar-refractivity contribution < 1.29 is 14.7 Å². The molecule has 0 atom stereocenters. The zero-order valence-electron chi connectivity index (χ0n) is 10.5. The summed E-state index contributed by atoms with van der Waals surface area (Å²) in [6.07, 6.45) is 2.30. The Morgan fingerprint density at radius 1 is 1.45 bits per heavy atom. The van der Waals surface area contributed by atoms with Gasteiger partial charge >= 0.3 is 5.97 Å². The van der Waals surface area contributed by atoms with Crippen LogP contribution in [0.25, 0.3) is 0 Å². The number of thiazole rings is 1. The lowest BCUT2D eigenvalue weighted by molar-refractivity contribution is -0.117. The summed E-state index contributed by atoms with van der Waals surface area (Å²) in [5.74, 6) is -0.979. The standard InChI is InChI=1S/C13H12N2O3S2/c16-11(7-3-4-7)15-13-14-9(10(20-13)12(17)18)6-8-2-1-5-19-8/h1-2,5,7H,3-4,6H2,(H,17,18)(H,14,15,16). The van der Waals surface area contributed by atoms with Gasteiger partial charge in [-0.15, -0.1) is 11.3 Å². The van der Waals surface area contributed by atoms with Crippen LogP contribution in [-0.2, 0) is 11.2 Å². The Balaban J connectivity index is 1.81. The molecule has 20 heavy (non-hydrogen) atoms. The summed E-state index contributed by atoms with van der Waals surface area (Å²) in [4.78, 5) is 28.5. The summed E-state index contributed by atoms with van der Waals surface area (Å²) in [6.45, 7) is 0. The molecule has 1 fully saturated rings. The van der Waals surface area contributed by atoms with Gasteiger partial charge in [-0.1, -0.05) is 17.4 Å². The first-order valence-electron chi connectivity index (χ1n) is 6.19. The molecule has 104 valence electrons. The smallest absolute Gasteiger partial charge is 0.347 e. The van der Waals surface area contributed by atoms with Gasteiger partial charge in [-0.2, -0.15) is 0 Å². The maximum absolute atomic E-state index is 11.7. The Hall–Kier alpha value is -1.73. The molecule has 1 aliphatic carbocycles. The van der Waals surface area contributed by atoms with Gasteiger partial charge in [-0.25, -0.2) is 9.78 Å². The normalized spacial score (nSPS) is 14.2. The van der Waals surface area contributed by atoms with E-state index >= 15 is 0 Å². The number of carbonyl (C=O) groups is 2. The van der Waals surface area contributed by atoms with Gasteiger partial charge in [0.1, 0.15) is 4.88 Å². The molecule has 0 radical (unpaired) electrons. The van der Waals surface area contributed by atoms with Gasteiger partial charge in [-0.3, -0.25) is 4.79 Å². The highest BCUT2D eigenvalue weighted by molar-refractivity contribution is 7.17. The molecular formula is C13H12N2O3S2. The molecule has 0 bridgehead atoms. The molecule has 2 aromatic rings. The molecule has 3 rings (SSSR count). The van der Waals surface area contributed by atoms with Gasteiger partial charge in [0.2, 0.25) is 5.91 Å². The SMILES string of the molecule is O=C(O)c1sc(NC(=O)C2CC2)nc1Cc1cccs1. The van der Waals surface area contributed by atoms with Crippen LogP contribution >= 0.6 is 22.7 Å². The number of rotatable bonds is 5. The summed E-state index contributed by atoms with van der Waals surface area (Å²) in [6, 6.07) is 3.86. The summed E-state index contributed by atoms with van der Waals surface area (Å²) in [7, 11) is 0. The molecule has 0 saturated heterocycles. The number of anilines is 1. The molecule has 7 heteroatoms. The average molecular weight is 308 g/mol. The minimum absolute atomic E-state index is 0.0571. The van der Waals surface area contributed by atoms with Crippen LogP contribution in [0.4, 0.5) is 5.13 Å². The quantitative estimate of drug-likeness (QED) is 0.890. The molecule has 0 aliphatic heterocycles. The number of hydrogen-bond donors (Lipinski definition) is 2. The average Bonchev–Trinajstić information content (AvgIpc) is 3.00. The highest BCUT2D eigenvalue weighted by atomic mass is 32.1. The third-order valence-corrected chi connectivity index (χ3v) is 4.87. The van der Waals surface area contributed by atoms with Crippen LogP contribution in [0.3, 0.4) is 0 Å². The number of aromatic nitrogens is 1. The fourth-order valence-corrected chi connectivity index (χ4v) is 3.36. The minimum Gasteiger partial charge on any atom is -0.477 e. The lowest BCUT2D eigenvalue weighted by Gasteiger charge is -1.97. The number of carboxylic acids is 1. The van der Waals surface area contributed by atoms with Crippen molar-refractivity contribution in [1.82, 2.24) is 4.98 Å². The van der Waals surface area contributed by atoms with E-state index in [4.69, 9.17) is 0 Å². The van der Waals surface area contributed by atoms with Crippen molar-refractivity contribution in [3.8, 4) is 0 Å². The van der Waals surface area contributed by atoms with Gasteiger partial charge in [-0.05, 0) is 24.3 Å². The lowest BCUT2D eigenvalue weighted by Crippen LogP contribution is -2.13. The van der Waals surface area contributed by atoms with Gasteiger partial charge in [0.15, 0.2) is 5.13 Å². The zero-order valence-corrected chi connectivity index (χ0v) is 12.1. The fourth-order valence-electron chi connectivity index (χ4n) is 1.82. The van der Waals surface area contributed by atoms with Crippen LogP contribution in [0.1, 0.15) is 33.1 Å². The Kier molecular flexibility index (Phi) is 3.54. The Bertz CT molecular complexity index is 645. The molecule has 0 aromatic carbocycles. The molecule has 1 amide bonds. The van der Waals surface area contributed by atoms with Crippen molar-refractivity contribution in [1.29, 1.82) is 0 Å². The molecule has 2 aromatic heterocycles. The first-order chi connectivity index (χ1) is 9.63. The largest absolute Gasteiger partial charge is 0.477 e. The second-order valence-corrected chi connectivity index (χ2v) is 6.65. The fraction of sp³-hybridized carbons (Fsp3) is 0.308. The van der Waals surface area contributed by atoms with Crippen LogP contribution in [0.2, 0.25) is 0 Å². The number of carboxylic acid groups (broad SMARTS) is 1. The van der Waals surface area contributed by atoms with E-state index in [9.17, 15) is 14.7 Å². The van der Waals surface area contributed by atoms with Crippen molar-refractivity contribution in [2.75, 3.05) is 5.32 Å². The summed E-state index contributed by atoms with van der Waals surface area (Å²) in [5, 5.41) is 14.3. The third kappa shape index (κ3) is 2.88. The molecular weight excluding hydrogens is 296 g/mol. The van der Waals surface area contributed by atoms with Crippen molar-refractivity contribution in [2.45, 2.75) is 19.3 Å². The maximum atomic E-state index is 11.7. The molecule has 2 N–H and O–H groups in total. The summed E-state index contributed by atoms with van der Waals surface area (Å²) >= 11 is 2.59. The highest BCUT2D eigenvalue weighted by Gasteiger charge is 2.30.